The normalized spacial score (nSPS) is 13.7. The van der Waals surface area contributed by atoms with Crippen LogP contribution < -0.4 is 4.72 Å². The number of hydrogen-bond acceptors (Lipinski definition) is 2. The van der Waals surface area contributed by atoms with Crippen molar-refractivity contribution in [2.75, 3.05) is 0 Å². The Hall–Kier alpha value is -0.390. The third kappa shape index (κ3) is 5.24. The van der Waals surface area contributed by atoms with E-state index >= 15 is 0 Å². The van der Waals surface area contributed by atoms with Gasteiger partial charge in [-0.3, -0.25) is 0 Å². The van der Waals surface area contributed by atoms with Crippen molar-refractivity contribution in [3.8, 4) is 0 Å². The molecule has 0 amide bonds. The van der Waals surface area contributed by atoms with E-state index in [1.807, 2.05) is 26.0 Å². The van der Waals surface area contributed by atoms with Crippen molar-refractivity contribution in [2.45, 2.75) is 55.8 Å². The highest BCUT2D eigenvalue weighted by Crippen LogP contribution is 2.21. The molecule has 0 aliphatic rings. The van der Waals surface area contributed by atoms with Crippen LogP contribution in [0.2, 0.25) is 0 Å². The second-order valence-corrected chi connectivity index (χ2v) is 7.95. The van der Waals surface area contributed by atoms with Gasteiger partial charge in [0, 0.05) is 10.9 Å². The Bertz CT molecular complexity index is 500. The minimum absolute atomic E-state index is 0.103. The van der Waals surface area contributed by atoms with Crippen LogP contribution in [0.4, 0.5) is 0 Å². The largest absolute Gasteiger partial charge is 0.241 e. The van der Waals surface area contributed by atoms with Crippen LogP contribution in [0.15, 0.2) is 29.2 Å². The molecule has 0 aliphatic heterocycles. The van der Waals surface area contributed by atoms with E-state index in [1.165, 1.54) is 0 Å². The van der Waals surface area contributed by atoms with Gasteiger partial charge < -0.3 is 0 Å². The second kappa shape index (κ2) is 7.41. The molecule has 1 unspecified atom stereocenters. The van der Waals surface area contributed by atoms with E-state index in [1.54, 1.807) is 12.1 Å². The summed E-state index contributed by atoms with van der Waals surface area (Å²) in [6.45, 7) is 5.77. The molecule has 1 aromatic rings. The first-order valence-corrected chi connectivity index (χ1v) is 9.01. The van der Waals surface area contributed by atoms with E-state index in [0.717, 1.165) is 24.8 Å². The van der Waals surface area contributed by atoms with Gasteiger partial charge in [0.2, 0.25) is 10.0 Å². The first kappa shape index (κ1) is 16.7. The van der Waals surface area contributed by atoms with Gasteiger partial charge in [-0.2, -0.15) is 0 Å². The highest BCUT2D eigenvalue weighted by molar-refractivity contribution is 9.09. The van der Waals surface area contributed by atoms with E-state index in [9.17, 15) is 8.42 Å². The van der Waals surface area contributed by atoms with E-state index in [-0.39, 0.29) is 6.04 Å². The summed E-state index contributed by atoms with van der Waals surface area (Å²) in [4.78, 5) is 0.706. The van der Waals surface area contributed by atoms with Crippen molar-refractivity contribution < 1.29 is 8.42 Å². The smallest absolute Gasteiger partial charge is 0.209 e. The molecule has 1 N–H and O–H groups in total. The van der Waals surface area contributed by atoms with E-state index in [2.05, 4.69) is 27.6 Å². The lowest BCUT2D eigenvalue weighted by atomic mass is 10.1. The maximum atomic E-state index is 12.3. The lowest BCUT2D eigenvalue weighted by Gasteiger charge is -2.15. The van der Waals surface area contributed by atoms with Crippen LogP contribution in [0.25, 0.3) is 0 Å². The summed E-state index contributed by atoms with van der Waals surface area (Å²) in [6, 6.07) is 7.11. The van der Waals surface area contributed by atoms with Crippen molar-refractivity contribution >= 4 is 26.0 Å². The molecule has 0 aliphatic carbocycles. The second-order valence-electron chi connectivity index (χ2n) is 4.97. The molecule has 108 valence electrons. The summed E-state index contributed by atoms with van der Waals surface area (Å²) >= 11 is 3.61. The minimum atomic E-state index is -3.42. The summed E-state index contributed by atoms with van der Waals surface area (Å²) in [5, 5.41) is 0. The molecule has 0 heterocycles. The molecule has 1 aromatic carbocycles. The number of nitrogens with one attached hydrogen (secondary N) is 1. The van der Waals surface area contributed by atoms with Crippen LogP contribution in [0.3, 0.4) is 0 Å². The first-order valence-electron chi connectivity index (χ1n) is 6.61. The molecule has 0 bridgehead atoms. The van der Waals surface area contributed by atoms with Crippen LogP contribution in [-0.2, 0) is 16.4 Å². The molecule has 0 radical (unpaired) electrons. The van der Waals surface area contributed by atoms with Gasteiger partial charge in [-0.25, -0.2) is 13.1 Å². The number of halogens is 1. The summed E-state index contributed by atoms with van der Waals surface area (Å²) < 4.78 is 27.2. The third-order valence-electron chi connectivity index (χ3n) is 2.70. The Morgan fingerprint density at radius 3 is 2.47 bits per heavy atom. The van der Waals surface area contributed by atoms with Crippen molar-refractivity contribution in [3.63, 3.8) is 0 Å². The zero-order valence-corrected chi connectivity index (χ0v) is 14.1. The van der Waals surface area contributed by atoms with E-state index < -0.39 is 10.0 Å². The molecule has 0 spiro atoms. The highest BCUT2D eigenvalue weighted by Gasteiger charge is 2.20. The fourth-order valence-corrected chi connectivity index (χ4v) is 4.27. The van der Waals surface area contributed by atoms with Gasteiger partial charge in [-0.05, 0) is 38.3 Å². The summed E-state index contributed by atoms with van der Waals surface area (Å²) in [5.74, 6) is 0. The molecule has 0 saturated carbocycles. The summed E-state index contributed by atoms with van der Waals surface area (Å²) in [6.07, 6.45) is 2.84. The van der Waals surface area contributed by atoms with E-state index in [0.29, 0.717) is 9.72 Å². The van der Waals surface area contributed by atoms with Crippen LogP contribution >= 0.6 is 15.9 Å². The molecule has 19 heavy (non-hydrogen) atoms. The Kier molecular flexibility index (Phi) is 6.50. The van der Waals surface area contributed by atoms with E-state index in [4.69, 9.17) is 0 Å². The third-order valence-corrected chi connectivity index (χ3v) is 5.24. The number of hydrogen-bond donors (Lipinski definition) is 1. The minimum Gasteiger partial charge on any atom is -0.209 e. The van der Waals surface area contributed by atoms with Crippen LogP contribution in [0.1, 0.15) is 39.2 Å². The number of sulfonamides is 1. The van der Waals surface area contributed by atoms with Crippen molar-refractivity contribution in [2.24, 2.45) is 0 Å². The summed E-state index contributed by atoms with van der Waals surface area (Å²) in [5.41, 5.74) is 0.867. The van der Waals surface area contributed by atoms with Gasteiger partial charge in [0.25, 0.3) is 0 Å². The molecule has 0 saturated heterocycles. The number of benzene rings is 1. The quantitative estimate of drug-likeness (QED) is 0.767. The average molecular weight is 348 g/mol. The van der Waals surface area contributed by atoms with Gasteiger partial charge >= 0.3 is 0 Å². The molecule has 3 nitrogen and oxygen atoms in total. The molecule has 1 rings (SSSR count). The zero-order valence-electron chi connectivity index (χ0n) is 11.7. The van der Waals surface area contributed by atoms with Gasteiger partial charge in [-0.15, -0.1) is 0 Å². The lowest BCUT2D eigenvalue weighted by Crippen LogP contribution is -2.31. The maximum Gasteiger partial charge on any atom is 0.241 e. The lowest BCUT2D eigenvalue weighted by molar-refractivity contribution is 0.568. The van der Waals surface area contributed by atoms with Gasteiger partial charge in [0.15, 0.2) is 0 Å². The molecule has 0 fully saturated rings. The standard InChI is InChI=1S/C14H22BrNO2S/c1-4-7-13(15)10-12-8-5-6-9-14(12)19(17,18)16-11(2)3/h5-6,8-9,11,13,16H,4,7,10H2,1-3H3. The Labute approximate surface area is 125 Å². The number of rotatable bonds is 7. The fraction of sp³-hybridized carbons (Fsp3) is 0.571. The Morgan fingerprint density at radius 1 is 1.26 bits per heavy atom. The fourth-order valence-electron chi connectivity index (χ4n) is 1.96. The topological polar surface area (TPSA) is 46.2 Å². The van der Waals surface area contributed by atoms with Crippen molar-refractivity contribution in [1.82, 2.24) is 4.72 Å². The van der Waals surface area contributed by atoms with Crippen LogP contribution in [0, 0.1) is 0 Å². The Balaban J connectivity index is 3.02. The average Bonchev–Trinajstić information content (AvgIpc) is 2.28. The van der Waals surface area contributed by atoms with Gasteiger partial charge in [0.1, 0.15) is 0 Å². The van der Waals surface area contributed by atoms with Crippen molar-refractivity contribution in [1.29, 1.82) is 0 Å². The first-order chi connectivity index (χ1) is 8.86. The molecule has 5 heteroatoms. The Morgan fingerprint density at radius 2 is 1.89 bits per heavy atom. The van der Waals surface area contributed by atoms with Gasteiger partial charge in [-0.1, -0.05) is 47.5 Å². The maximum absolute atomic E-state index is 12.3. The monoisotopic (exact) mass is 347 g/mol. The molecular formula is C14H22BrNO2S. The predicted molar refractivity (Wildman–Crippen MR) is 83.2 cm³/mol. The molecule has 0 aromatic heterocycles. The van der Waals surface area contributed by atoms with Crippen molar-refractivity contribution in [3.05, 3.63) is 29.8 Å². The van der Waals surface area contributed by atoms with Gasteiger partial charge in [0.05, 0.1) is 4.90 Å². The predicted octanol–water partition coefficient (Wildman–Crippen LogP) is 3.48. The molecule has 1 atom stereocenters. The summed E-state index contributed by atoms with van der Waals surface area (Å²) in [7, 11) is -3.42. The number of alkyl halides is 1. The SMILES string of the molecule is CCCC(Br)Cc1ccccc1S(=O)(=O)NC(C)C. The molecular weight excluding hydrogens is 326 g/mol. The highest BCUT2D eigenvalue weighted by atomic mass is 79.9. The van der Waals surface area contributed by atoms with Crippen LogP contribution in [0.5, 0.6) is 0 Å². The van der Waals surface area contributed by atoms with Crippen LogP contribution in [-0.4, -0.2) is 19.3 Å². The zero-order chi connectivity index (χ0) is 14.5.